The predicted octanol–water partition coefficient (Wildman–Crippen LogP) is 1.88. The number of aldehydes is 1. The number of furan rings is 2. The average molecular weight is 263 g/mol. The summed E-state index contributed by atoms with van der Waals surface area (Å²) >= 11 is 0. The third-order valence-corrected chi connectivity index (χ3v) is 2.56. The average Bonchev–Trinajstić information content (AvgIpc) is 3.01. The molecule has 0 N–H and O–H groups in total. The lowest BCUT2D eigenvalue weighted by Gasteiger charge is -2.04. The lowest BCUT2D eigenvalue weighted by Crippen LogP contribution is -2.15. The lowest BCUT2D eigenvalue weighted by atomic mass is 9.96. The Balaban J connectivity index is 2.11. The van der Waals surface area contributed by atoms with E-state index in [4.69, 9.17) is 8.83 Å². The molecule has 0 fully saturated rings. The summed E-state index contributed by atoms with van der Waals surface area (Å²) in [6.07, 6.45) is 2.98. The number of hydrogen-bond donors (Lipinski definition) is 0. The third-order valence-electron chi connectivity index (χ3n) is 2.56. The largest absolute Gasteiger partial charge is 0.472 e. The van der Waals surface area contributed by atoms with Gasteiger partial charge in [0.15, 0.2) is 5.78 Å². The van der Waals surface area contributed by atoms with E-state index in [0.717, 1.165) is 6.07 Å². The van der Waals surface area contributed by atoms with Gasteiger partial charge in [-0.05, 0) is 12.1 Å². The van der Waals surface area contributed by atoms with Gasteiger partial charge in [0, 0.05) is 5.56 Å². The predicted molar refractivity (Wildman–Crippen MR) is 61.6 cm³/mol. The first-order valence-electron chi connectivity index (χ1n) is 5.35. The number of nitro groups is 1. The summed E-state index contributed by atoms with van der Waals surface area (Å²) in [5.74, 6) is -1.66. The van der Waals surface area contributed by atoms with E-state index in [1.165, 1.54) is 24.7 Å². The van der Waals surface area contributed by atoms with Crippen molar-refractivity contribution in [2.45, 2.75) is 12.3 Å². The fourth-order valence-electron chi connectivity index (χ4n) is 1.63. The molecule has 0 bridgehead atoms. The van der Waals surface area contributed by atoms with Gasteiger partial charge < -0.3 is 13.6 Å². The summed E-state index contributed by atoms with van der Waals surface area (Å²) in [6.45, 7) is 0. The number of carbonyl (C=O) groups excluding carboxylic acids is 2. The second kappa shape index (κ2) is 5.30. The van der Waals surface area contributed by atoms with E-state index >= 15 is 0 Å². The Morgan fingerprint density at radius 3 is 2.74 bits per heavy atom. The van der Waals surface area contributed by atoms with Crippen LogP contribution < -0.4 is 0 Å². The van der Waals surface area contributed by atoms with Crippen molar-refractivity contribution in [2.75, 3.05) is 0 Å². The van der Waals surface area contributed by atoms with E-state index in [9.17, 15) is 19.7 Å². The van der Waals surface area contributed by atoms with Gasteiger partial charge in [-0.25, -0.2) is 0 Å². The maximum absolute atomic E-state index is 11.9. The zero-order chi connectivity index (χ0) is 13.8. The topological polar surface area (TPSA) is 104 Å². The molecule has 2 heterocycles. The Labute approximate surface area is 107 Å². The Morgan fingerprint density at radius 2 is 2.21 bits per heavy atom. The maximum Gasteiger partial charge on any atom is 0.433 e. The second-order valence-electron chi connectivity index (χ2n) is 3.81. The Morgan fingerprint density at radius 1 is 1.42 bits per heavy atom. The number of Topliss-reactive ketones (excluding diaryl/α,β-unsaturated/α-hetero) is 1. The Kier molecular flexibility index (Phi) is 3.56. The van der Waals surface area contributed by atoms with E-state index in [0.29, 0.717) is 11.8 Å². The number of hydrogen-bond acceptors (Lipinski definition) is 6. The minimum absolute atomic E-state index is 0.145. The molecule has 0 spiro atoms. The molecule has 2 aromatic rings. The summed E-state index contributed by atoms with van der Waals surface area (Å²) in [7, 11) is 0. The fraction of sp³-hybridized carbons (Fsp3) is 0.167. The second-order valence-corrected chi connectivity index (χ2v) is 3.81. The van der Waals surface area contributed by atoms with Crippen molar-refractivity contribution in [1.29, 1.82) is 0 Å². The zero-order valence-corrected chi connectivity index (χ0v) is 9.65. The van der Waals surface area contributed by atoms with Crippen LogP contribution in [0.4, 0.5) is 5.88 Å². The first kappa shape index (κ1) is 12.7. The summed E-state index contributed by atoms with van der Waals surface area (Å²) < 4.78 is 9.68. The molecule has 0 radical (unpaired) electrons. The normalized spacial score (nSPS) is 12.0. The zero-order valence-electron chi connectivity index (χ0n) is 9.65. The third kappa shape index (κ3) is 2.76. The van der Waals surface area contributed by atoms with Crippen molar-refractivity contribution in [2.24, 2.45) is 0 Å². The quantitative estimate of drug-likeness (QED) is 0.341. The molecule has 0 aromatic carbocycles. The molecule has 0 aliphatic carbocycles. The highest BCUT2D eigenvalue weighted by atomic mass is 16.6. The van der Waals surface area contributed by atoms with Crippen LogP contribution in [0, 0.1) is 10.1 Å². The SMILES string of the molecule is O=CC(C(=O)Cc1ccc([N+](=O)[O-])o1)c1ccoc1. The van der Waals surface area contributed by atoms with Crippen LogP contribution >= 0.6 is 0 Å². The molecular weight excluding hydrogens is 254 g/mol. The van der Waals surface area contributed by atoms with Gasteiger partial charge in [0.25, 0.3) is 0 Å². The van der Waals surface area contributed by atoms with Crippen LogP contribution in [0.25, 0.3) is 0 Å². The molecule has 2 aromatic heterocycles. The first-order chi connectivity index (χ1) is 9.11. The van der Waals surface area contributed by atoms with E-state index in [1.54, 1.807) is 0 Å². The van der Waals surface area contributed by atoms with Crippen LogP contribution in [-0.2, 0) is 16.0 Å². The number of rotatable bonds is 6. The van der Waals surface area contributed by atoms with E-state index < -0.39 is 22.5 Å². The van der Waals surface area contributed by atoms with Crippen molar-refractivity contribution >= 4 is 18.0 Å². The van der Waals surface area contributed by atoms with Gasteiger partial charge in [-0.3, -0.25) is 14.9 Å². The molecule has 1 unspecified atom stereocenters. The monoisotopic (exact) mass is 263 g/mol. The van der Waals surface area contributed by atoms with Crippen LogP contribution in [0.5, 0.6) is 0 Å². The van der Waals surface area contributed by atoms with Crippen molar-refractivity contribution in [3.8, 4) is 0 Å². The minimum Gasteiger partial charge on any atom is -0.472 e. The molecule has 7 nitrogen and oxygen atoms in total. The highest BCUT2D eigenvalue weighted by Crippen LogP contribution is 2.20. The molecule has 0 saturated heterocycles. The molecule has 2 rings (SSSR count). The van der Waals surface area contributed by atoms with Crippen molar-refractivity contribution in [1.82, 2.24) is 0 Å². The molecule has 0 aliphatic heterocycles. The van der Waals surface area contributed by atoms with E-state index in [-0.39, 0.29) is 12.2 Å². The summed E-state index contributed by atoms with van der Waals surface area (Å²) in [4.78, 5) is 32.6. The Bertz CT molecular complexity index is 598. The fourth-order valence-corrected chi connectivity index (χ4v) is 1.63. The minimum atomic E-state index is -0.956. The molecule has 7 heteroatoms. The summed E-state index contributed by atoms with van der Waals surface area (Å²) in [5.41, 5.74) is 0.445. The molecular formula is C12H9NO6. The van der Waals surface area contributed by atoms with Gasteiger partial charge >= 0.3 is 5.88 Å². The van der Waals surface area contributed by atoms with Gasteiger partial charge in [-0.15, -0.1) is 0 Å². The van der Waals surface area contributed by atoms with Crippen LogP contribution in [0.15, 0.2) is 39.6 Å². The Hall–Kier alpha value is -2.70. The van der Waals surface area contributed by atoms with E-state index in [2.05, 4.69) is 0 Å². The molecule has 19 heavy (non-hydrogen) atoms. The standard InChI is InChI=1S/C12H9NO6/c14-6-10(8-3-4-18-7-8)11(15)5-9-1-2-12(19-9)13(16)17/h1-4,6-7,10H,5H2. The molecule has 0 amide bonds. The maximum atomic E-state index is 11.9. The number of ketones is 1. The van der Waals surface area contributed by atoms with Crippen LogP contribution in [0.2, 0.25) is 0 Å². The molecule has 98 valence electrons. The van der Waals surface area contributed by atoms with Gasteiger partial charge in [0.05, 0.1) is 25.0 Å². The summed E-state index contributed by atoms with van der Waals surface area (Å²) in [6, 6.07) is 4.02. The molecule has 1 atom stereocenters. The van der Waals surface area contributed by atoms with Crippen LogP contribution in [0.1, 0.15) is 17.2 Å². The van der Waals surface area contributed by atoms with Crippen molar-refractivity contribution in [3.05, 3.63) is 52.2 Å². The molecule has 0 saturated carbocycles. The van der Waals surface area contributed by atoms with Gasteiger partial charge in [0.1, 0.15) is 22.9 Å². The van der Waals surface area contributed by atoms with Crippen molar-refractivity contribution < 1.29 is 23.3 Å². The highest BCUT2D eigenvalue weighted by molar-refractivity contribution is 5.99. The molecule has 0 aliphatic rings. The van der Waals surface area contributed by atoms with Gasteiger partial charge in [0.2, 0.25) is 0 Å². The van der Waals surface area contributed by atoms with E-state index in [1.807, 2.05) is 0 Å². The summed E-state index contributed by atoms with van der Waals surface area (Å²) in [5, 5.41) is 10.4. The smallest absolute Gasteiger partial charge is 0.433 e. The van der Waals surface area contributed by atoms with Gasteiger partial charge in [-0.1, -0.05) is 0 Å². The number of carbonyl (C=O) groups is 2. The highest BCUT2D eigenvalue weighted by Gasteiger charge is 2.23. The van der Waals surface area contributed by atoms with Gasteiger partial charge in [-0.2, -0.15) is 0 Å². The van der Waals surface area contributed by atoms with Crippen molar-refractivity contribution in [3.63, 3.8) is 0 Å². The lowest BCUT2D eigenvalue weighted by molar-refractivity contribution is -0.402. The first-order valence-corrected chi connectivity index (χ1v) is 5.35. The van der Waals surface area contributed by atoms with Crippen LogP contribution in [-0.4, -0.2) is 17.0 Å². The number of nitrogens with zero attached hydrogens (tertiary/aromatic N) is 1. The van der Waals surface area contributed by atoms with Crippen LogP contribution in [0.3, 0.4) is 0 Å².